The van der Waals surface area contributed by atoms with Crippen molar-refractivity contribution < 1.29 is 21.2 Å². The number of nitrogens with zero attached hydrogens (tertiary/aromatic N) is 3. The molecule has 0 radical (unpaired) electrons. The highest BCUT2D eigenvalue weighted by atomic mass is 32.2. The second-order valence-corrected chi connectivity index (χ2v) is 9.78. The number of halogens is 1. The summed E-state index contributed by atoms with van der Waals surface area (Å²) in [6, 6.07) is 3.51. The van der Waals surface area contributed by atoms with Gasteiger partial charge in [0.1, 0.15) is 5.82 Å². The average molecular weight is 373 g/mol. The summed E-state index contributed by atoms with van der Waals surface area (Å²) in [6.45, 7) is 1.18. The Bertz CT molecular complexity index is 993. The number of sulfone groups is 1. The normalized spacial score (nSPS) is 17.0. The number of imidazole rings is 1. The molecule has 10 heteroatoms. The molecule has 0 amide bonds. The van der Waals surface area contributed by atoms with Crippen LogP contribution in [0.2, 0.25) is 0 Å². The minimum Gasteiger partial charge on any atom is -0.325 e. The summed E-state index contributed by atoms with van der Waals surface area (Å²) in [5.74, 6) is -0.493. The average Bonchev–Trinajstić information content (AvgIpc) is 2.86. The molecule has 0 saturated carbocycles. The Morgan fingerprint density at radius 1 is 1.21 bits per heavy atom. The van der Waals surface area contributed by atoms with Crippen LogP contribution in [-0.2, 0) is 26.9 Å². The molecule has 0 N–H and O–H groups in total. The minimum atomic E-state index is -3.84. The molecule has 0 atom stereocenters. The molecule has 0 aliphatic carbocycles. The largest absolute Gasteiger partial charge is 0.325 e. The monoisotopic (exact) mass is 373 g/mol. The maximum absolute atomic E-state index is 13.3. The number of hydrogen-bond acceptors (Lipinski definition) is 5. The summed E-state index contributed by atoms with van der Waals surface area (Å²) in [5, 5.41) is -0.919. The summed E-state index contributed by atoms with van der Waals surface area (Å²) in [5.41, 5.74) is 0.216. The van der Waals surface area contributed by atoms with Crippen LogP contribution in [0.25, 0.3) is 0 Å². The summed E-state index contributed by atoms with van der Waals surface area (Å²) < 4.78 is 65.6. The van der Waals surface area contributed by atoms with Crippen LogP contribution in [0.3, 0.4) is 0 Å². The van der Waals surface area contributed by atoms with Crippen molar-refractivity contribution in [1.29, 1.82) is 0 Å². The number of hydrogen-bond donors (Lipinski definition) is 0. The fraction of sp³-hybridized carbons (Fsp3) is 0.357. The molecule has 3 rings (SSSR count). The van der Waals surface area contributed by atoms with Crippen LogP contribution in [-0.4, -0.2) is 49.0 Å². The SMILES string of the molecule is Cc1cc(S(=O)(=O)N2CC(S(=O)(=O)c3nccn3C)C2)ccc1F. The van der Waals surface area contributed by atoms with Crippen LogP contribution < -0.4 is 0 Å². The molecule has 1 fully saturated rings. The van der Waals surface area contributed by atoms with Gasteiger partial charge in [-0.1, -0.05) is 0 Å². The predicted molar refractivity (Wildman–Crippen MR) is 84.1 cm³/mol. The number of aromatic nitrogens is 2. The van der Waals surface area contributed by atoms with Crippen molar-refractivity contribution >= 4 is 19.9 Å². The first kappa shape index (κ1) is 17.1. The van der Waals surface area contributed by atoms with E-state index in [9.17, 15) is 21.2 Å². The van der Waals surface area contributed by atoms with E-state index in [2.05, 4.69) is 4.98 Å². The predicted octanol–water partition coefficient (Wildman–Crippen LogP) is 0.714. The third-order valence-corrected chi connectivity index (χ3v) is 7.96. The highest BCUT2D eigenvalue weighted by molar-refractivity contribution is 7.92. The Labute approximate surface area is 139 Å². The summed E-state index contributed by atoms with van der Waals surface area (Å²) in [4.78, 5) is 3.78. The summed E-state index contributed by atoms with van der Waals surface area (Å²) >= 11 is 0. The van der Waals surface area contributed by atoms with Gasteiger partial charge < -0.3 is 4.57 Å². The zero-order valence-electron chi connectivity index (χ0n) is 13.0. The third kappa shape index (κ3) is 2.64. The molecule has 0 bridgehead atoms. The van der Waals surface area contributed by atoms with E-state index < -0.39 is 30.9 Å². The lowest BCUT2D eigenvalue weighted by molar-refractivity contribution is 0.308. The number of rotatable bonds is 4. The topological polar surface area (TPSA) is 89.3 Å². The van der Waals surface area contributed by atoms with Gasteiger partial charge >= 0.3 is 0 Å². The van der Waals surface area contributed by atoms with Crippen molar-refractivity contribution in [2.24, 2.45) is 7.05 Å². The molecule has 0 unspecified atom stereocenters. The molecule has 1 aromatic heterocycles. The van der Waals surface area contributed by atoms with Crippen LogP contribution in [0.5, 0.6) is 0 Å². The lowest BCUT2D eigenvalue weighted by Gasteiger charge is -2.37. The maximum atomic E-state index is 13.3. The van der Waals surface area contributed by atoms with Gasteiger partial charge in [0.25, 0.3) is 0 Å². The smallest absolute Gasteiger partial charge is 0.243 e. The molecule has 0 spiro atoms. The quantitative estimate of drug-likeness (QED) is 0.788. The maximum Gasteiger partial charge on any atom is 0.243 e. The minimum absolute atomic E-state index is 0.0470. The van der Waals surface area contributed by atoms with E-state index in [1.165, 1.54) is 36.0 Å². The molecule has 1 aromatic carbocycles. The van der Waals surface area contributed by atoms with Gasteiger partial charge in [-0.2, -0.15) is 4.31 Å². The van der Waals surface area contributed by atoms with Gasteiger partial charge in [-0.05, 0) is 30.7 Å². The number of aryl methyl sites for hydroxylation is 2. The van der Waals surface area contributed by atoms with Gasteiger partial charge in [-0.25, -0.2) is 26.2 Å². The van der Waals surface area contributed by atoms with Crippen molar-refractivity contribution in [2.45, 2.75) is 22.2 Å². The van der Waals surface area contributed by atoms with E-state index in [-0.39, 0.29) is 28.7 Å². The molecule has 130 valence electrons. The van der Waals surface area contributed by atoms with Gasteiger partial charge in [0.05, 0.1) is 10.1 Å². The Morgan fingerprint density at radius 3 is 2.42 bits per heavy atom. The first-order valence-electron chi connectivity index (χ1n) is 7.11. The van der Waals surface area contributed by atoms with E-state index in [0.29, 0.717) is 0 Å². The van der Waals surface area contributed by atoms with Gasteiger partial charge in [0, 0.05) is 32.5 Å². The van der Waals surface area contributed by atoms with Gasteiger partial charge in [-0.3, -0.25) is 0 Å². The van der Waals surface area contributed by atoms with Crippen molar-refractivity contribution in [3.63, 3.8) is 0 Å². The second kappa shape index (κ2) is 5.64. The molecule has 2 aromatic rings. The van der Waals surface area contributed by atoms with Crippen LogP contribution >= 0.6 is 0 Å². The Morgan fingerprint density at radius 2 is 1.88 bits per heavy atom. The molecular weight excluding hydrogens is 357 g/mol. The molecule has 2 heterocycles. The zero-order valence-corrected chi connectivity index (χ0v) is 14.7. The number of sulfonamides is 1. The van der Waals surface area contributed by atoms with Crippen molar-refractivity contribution in [3.8, 4) is 0 Å². The lowest BCUT2D eigenvalue weighted by atomic mass is 10.2. The lowest BCUT2D eigenvalue weighted by Crippen LogP contribution is -2.56. The molecule has 24 heavy (non-hydrogen) atoms. The molecule has 1 saturated heterocycles. The summed E-state index contributed by atoms with van der Waals surface area (Å²) in [7, 11) is -5.97. The van der Waals surface area contributed by atoms with Gasteiger partial charge in [-0.15, -0.1) is 0 Å². The van der Waals surface area contributed by atoms with Gasteiger partial charge in [0.2, 0.25) is 25.0 Å². The molecule has 7 nitrogen and oxygen atoms in total. The van der Waals surface area contributed by atoms with E-state index in [4.69, 9.17) is 0 Å². The first-order valence-corrected chi connectivity index (χ1v) is 10.1. The van der Waals surface area contributed by atoms with E-state index in [1.54, 1.807) is 7.05 Å². The molecular formula is C14H16FN3O4S2. The molecule has 1 aliphatic heterocycles. The van der Waals surface area contributed by atoms with E-state index in [0.717, 1.165) is 10.4 Å². The van der Waals surface area contributed by atoms with Crippen LogP contribution in [0, 0.1) is 12.7 Å². The second-order valence-electron chi connectivity index (χ2n) is 5.72. The highest BCUT2D eigenvalue weighted by Crippen LogP contribution is 2.28. The summed E-state index contributed by atoms with van der Waals surface area (Å²) in [6.07, 6.45) is 2.89. The zero-order chi connectivity index (χ0) is 17.7. The highest BCUT2D eigenvalue weighted by Gasteiger charge is 2.45. The van der Waals surface area contributed by atoms with Crippen LogP contribution in [0.15, 0.2) is 40.6 Å². The van der Waals surface area contributed by atoms with Crippen molar-refractivity contribution in [1.82, 2.24) is 13.9 Å². The third-order valence-electron chi connectivity index (χ3n) is 4.05. The van der Waals surface area contributed by atoms with Crippen molar-refractivity contribution in [2.75, 3.05) is 13.1 Å². The van der Waals surface area contributed by atoms with Crippen LogP contribution in [0.1, 0.15) is 5.56 Å². The Kier molecular flexibility index (Phi) is 4.01. The fourth-order valence-electron chi connectivity index (χ4n) is 2.50. The van der Waals surface area contributed by atoms with E-state index >= 15 is 0 Å². The Hall–Kier alpha value is -1.78. The van der Waals surface area contributed by atoms with Crippen molar-refractivity contribution in [3.05, 3.63) is 42.0 Å². The molecule has 1 aliphatic rings. The number of benzene rings is 1. The fourth-order valence-corrected chi connectivity index (χ4v) is 6.02. The van der Waals surface area contributed by atoms with Gasteiger partial charge in [0.15, 0.2) is 0 Å². The van der Waals surface area contributed by atoms with E-state index in [1.807, 2.05) is 0 Å². The van der Waals surface area contributed by atoms with Crippen LogP contribution in [0.4, 0.5) is 4.39 Å². The standard InChI is InChI=1S/C14H16FN3O4S2/c1-10-7-11(3-4-13(10)15)24(21,22)18-8-12(9-18)23(19,20)14-16-5-6-17(14)2/h3-7,12H,8-9H2,1-2H3. The first-order chi connectivity index (χ1) is 11.1. The Balaban J connectivity index is 1.81.